The first-order valence-corrected chi connectivity index (χ1v) is 7.68. The minimum Gasteiger partial charge on any atom is -0.378 e. The molecule has 3 N–H and O–H groups in total. The fraction of sp³-hybridized carbons (Fsp3) is 0.562. The van der Waals surface area contributed by atoms with Gasteiger partial charge in [0.25, 0.3) is 0 Å². The number of nitrogens with one attached hydrogen (secondary N) is 1. The van der Waals surface area contributed by atoms with Gasteiger partial charge in [-0.25, -0.2) is 4.79 Å². The Kier molecular flexibility index (Phi) is 6.50. The number of hydrogen-bond donors (Lipinski definition) is 2. The molecule has 5 nitrogen and oxygen atoms in total. The molecule has 1 aliphatic heterocycles. The maximum atomic E-state index is 12.1. The van der Waals surface area contributed by atoms with E-state index in [0.717, 1.165) is 44.5 Å². The first-order chi connectivity index (χ1) is 10.3. The van der Waals surface area contributed by atoms with Gasteiger partial charge in [-0.05, 0) is 31.4 Å². The molecule has 1 fully saturated rings. The van der Waals surface area contributed by atoms with Crippen LogP contribution in [0.5, 0.6) is 0 Å². The van der Waals surface area contributed by atoms with Crippen LogP contribution in [0, 0.1) is 0 Å². The molecule has 0 atom stereocenters. The minimum atomic E-state index is 0.0132. The summed E-state index contributed by atoms with van der Waals surface area (Å²) in [5, 5.41) is 2.97. The lowest BCUT2D eigenvalue weighted by Gasteiger charge is -2.32. The zero-order chi connectivity index (χ0) is 14.9. The Hall–Kier alpha value is -1.59. The van der Waals surface area contributed by atoms with Crippen LogP contribution in [-0.4, -0.2) is 43.3 Å². The molecule has 1 saturated heterocycles. The smallest absolute Gasteiger partial charge is 0.317 e. The van der Waals surface area contributed by atoms with Crippen molar-refractivity contribution in [3.05, 3.63) is 35.9 Å². The number of piperidine rings is 1. The van der Waals surface area contributed by atoms with E-state index in [0.29, 0.717) is 13.1 Å². The normalized spacial score (nSPS) is 16.0. The van der Waals surface area contributed by atoms with Crippen molar-refractivity contribution in [2.24, 2.45) is 5.73 Å². The largest absolute Gasteiger partial charge is 0.378 e. The van der Waals surface area contributed by atoms with Crippen molar-refractivity contribution in [1.29, 1.82) is 0 Å². The number of carbonyl (C=O) groups is 1. The summed E-state index contributed by atoms with van der Waals surface area (Å²) in [4.78, 5) is 14.0. The van der Waals surface area contributed by atoms with Crippen LogP contribution in [0.1, 0.15) is 24.8 Å². The predicted molar refractivity (Wildman–Crippen MR) is 82.9 cm³/mol. The number of urea groups is 1. The third-order valence-corrected chi connectivity index (χ3v) is 3.72. The number of ether oxygens (including phenoxy) is 1. The van der Waals surface area contributed by atoms with Crippen molar-refractivity contribution >= 4 is 6.03 Å². The Morgan fingerprint density at radius 3 is 2.67 bits per heavy atom. The third kappa shape index (κ3) is 5.36. The molecule has 0 spiro atoms. The molecule has 0 aliphatic carbocycles. The number of rotatable bonds is 6. The molecular formula is C16H25N3O2. The molecular weight excluding hydrogens is 266 g/mol. The van der Waals surface area contributed by atoms with Gasteiger partial charge in [0.1, 0.15) is 0 Å². The highest BCUT2D eigenvalue weighted by atomic mass is 16.5. The summed E-state index contributed by atoms with van der Waals surface area (Å²) in [6.07, 6.45) is 2.99. The standard InChI is InChI=1S/C16H25N3O2/c17-9-4-12-21-15-7-10-19(11-8-15)16(20)18-13-14-5-2-1-3-6-14/h1-3,5-6,15H,4,7-13,17H2,(H,18,20). The van der Waals surface area contributed by atoms with E-state index in [1.165, 1.54) is 0 Å². The molecule has 1 heterocycles. The molecule has 0 bridgehead atoms. The van der Waals surface area contributed by atoms with Crippen LogP contribution >= 0.6 is 0 Å². The van der Waals surface area contributed by atoms with Gasteiger partial charge in [-0.1, -0.05) is 30.3 Å². The van der Waals surface area contributed by atoms with Crippen LogP contribution in [-0.2, 0) is 11.3 Å². The lowest BCUT2D eigenvalue weighted by molar-refractivity contribution is 0.0145. The van der Waals surface area contributed by atoms with Gasteiger partial charge in [0.05, 0.1) is 6.10 Å². The second-order valence-corrected chi connectivity index (χ2v) is 5.34. The van der Waals surface area contributed by atoms with Crippen LogP contribution in [0.4, 0.5) is 4.79 Å². The molecule has 0 unspecified atom stereocenters. The summed E-state index contributed by atoms with van der Waals surface area (Å²) in [7, 11) is 0. The van der Waals surface area contributed by atoms with Crippen molar-refractivity contribution in [2.75, 3.05) is 26.2 Å². The Morgan fingerprint density at radius 1 is 1.29 bits per heavy atom. The highest BCUT2D eigenvalue weighted by Gasteiger charge is 2.22. The van der Waals surface area contributed by atoms with Crippen molar-refractivity contribution < 1.29 is 9.53 Å². The second-order valence-electron chi connectivity index (χ2n) is 5.34. The van der Waals surface area contributed by atoms with Gasteiger partial charge in [0, 0.05) is 26.2 Å². The molecule has 21 heavy (non-hydrogen) atoms. The summed E-state index contributed by atoms with van der Waals surface area (Å²) in [5.41, 5.74) is 6.56. The summed E-state index contributed by atoms with van der Waals surface area (Å²) in [6.45, 7) is 3.48. The van der Waals surface area contributed by atoms with Gasteiger partial charge < -0.3 is 20.7 Å². The first-order valence-electron chi connectivity index (χ1n) is 7.68. The summed E-state index contributed by atoms with van der Waals surface area (Å²) >= 11 is 0. The topological polar surface area (TPSA) is 67.6 Å². The van der Waals surface area contributed by atoms with Crippen molar-refractivity contribution in [1.82, 2.24) is 10.2 Å². The van der Waals surface area contributed by atoms with E-state index < -0.39 is 0 Å². The minimum absolute atomic E-state index is 0.0132. The lowest BCUT2D eigenvalue weighted by atomic mass is 10.1. The molecule has 0 saturated carbocycles. The van der Waals surface area contributed by atoms with E-state index in [2.05, 4.69) is 5.32 Å². The van der Waals surface area contributed by atoms with Gasteiger partial charge in [-0.2, -0.15) is 0 Å². The van der Waals surface area contributed by atoms with E-state index in [1.54, 1.807) is 0 Å². The fourth-order valence-electron chi connectivity index (χ4n) is 2.44. The molecule has 1 aromatic carbocycles. The summed E-state index contributed by atoms with van der Waals surface area (Å²) < 4.78 is 5.74. The quantitative estimate of drug-likeness (QED) is 0.784. The van der Waals surface area contributed by atoms with E-state index >= 15 is 0 Å². The van der Waals surface area contributed by atoms with Crippen molar-refractivity contribution in [3.8, 4) is 0 Å². The molecule has 116 valence electrons. The van der Waals surface area contributed by atoms with Crippen molar-refractivity contribution in [2.45, 2.75) is 31.9 Å². The SMILES string of the molecule is NCCCOC1CCN(C(=O)NCc2ccccc2)CC1. The zero-order valence-electron chi connectivity index (χ0n) is 12.5. The van der Waals surface area contributed by atoms with Crippen LogP contribution in [0.2, 0.25) is 0 Å². The van der Waals surface area contributed by atoms with Crippen LogP contribution in [0.25, 0.3) is 0 Å². The van der Waals surface area contributed by atoms with Gasteiger partial charge >= 0.3 is 6.03 Å². The van der Waals surface area contributed by atoms with E-state index in [1.807, 2.05) is 35.2 Å². The number of benzene rings is 1. The number of nitrogens with zero attached hydrogens (tertiary/aromatic N) is 1. The Balaban J connectivity index is 1.66. The van der Waals surface area contributed by atoms with Crippen LogP contribution < -0.4 is 11.1 Å². The summed E-state index contributed by atoms with van der Waals surface area (Å²) in [6, 6.07) is 9.97. The average molecular weight is 291 g/mol. The maximum absolute atomic E-state index is 12.1. The highest BCUT2D eigenvalue weighted by Crippen LogP contribution is 2.14. The predicted octanol–water partition coefficient (Wildman–Crippen LogP) is 1.73. The van der Waals surface area contributed by atoms with Crippen LogP contribution in [0.15, 0.2) is 30.3 Å². The van der Waals surface area contributed by atoms with E-state index in [9.17, 15) is 4.79 Å². The van der Waals surface area contributed by atoms with Crippen molar-refractivity contribution in [3.63, 3.8) is 0 Å². The molecule has 2 amide bonds. The molecule has 1 aromatic rings. The summed E-state index contributed by atoms with van der Waals surface area (Å²) in [5.74, 6) is 0. The number of carbonyl (C=O) groups excluding carboxylic acids is 1. The third-order valence-electron chi connectivity index (χ3n) is 3.72. The van der Waals surface area contributed by atoms with Gasteiger partial charge in [-0.3, -0.25) is 0 Å². The first kappa shape index (κ1) is 15.8. The maximum Gasteiger partial charge on any atom is 0.317 e. The lowest BCUT2D eigenvalue weighted by Crippen LogP contribution is -2.45. The second kappa shape index (κ2) is 8.64. The monoisotopic (exact) mass is 291 g/mol. The van der Waals surface area contributed by atoms with Gasteiger partial charge in [-0.15, -0.1) is 0 Å². The van der Waals surface area contributed by atoms with E-state index in [-0.39, 0.29) is 12.1 Å². The van der Waals surface area contributed by atoms with Crippen LogP contribution in [0.3, 0.4) is 0 Å². The number of amides is 2. The number of hydrogen-bond acceptors (Lipinski definition) is 3. The Morgan fingerprint density at radius 2 is 2.00 bits per heavy atom. The molecule has 0 radical (unpaired) electrons. The Bertz CT molecular complexity index is 417. The molecule has 1 aliphatic rings. The average Bonchev–Trinajstić information content (AvgIpc) is 2.54. The molecule has 5 heteroatoms. The Labute approximate surface area is 126 Å². The zero-order valence-corrected chi connectivity index (χ0v) is 12.5. The fourth-order valence-corrected chi connectivity index (χ4v) is 2.44. The highest BCUT2D eigenvalue weighted by molar-refractivity contribution is 5.74. The molecule has 2 rings (SSSR count). The molecule has 0 aromatic heterocycles. The van der Waals surface area contributed by atoms with Gasteiger partial charge in [0.2, 0.25) is 0 Å². The van der Waals surface area contributed by atoms with Gasteiger partial charge in [0.15, 0.2) is 0 Å². The number of nitrogens with two attached hydrogens (primary N) is 1. The number of likely N-dealkylation sites (tertiary alicyclic amines) is 1. The van der Waals surface area contributed by atoms with E-state index in [4.69, 9.17) is 10.5 Å².